The number of likely N-dealkylation sites (N-methyl/N-ethyl adjacent to an activating group) is 1. The highest BCUT2D eigenvalue weighted by atomic mass is 79.9. The van der Waals surface area contributed by atoms with Crippen molar-refractivity contribution in [3.8, 4) is 0 Å². The van der Waals surface area contributed by atoms with Gasteiger partial charge in [-0.15, -0.1) is 0 Å². The summed E-state index contributed by atoms with van der Waals surface area (Å²) in [6, 6.07) is 5.39. The van der Waals surface area contributed by atoms with Crippen LogP contribution >= 0.6 is 31.9 Å². The SMILES string of the molecule is CN1CC(=O)OB(c2c(Br)cccc2Br)OC(=O)C1. The van der Waals surface area contributed by atoms with E-state index in [4.69, 9.17) is 9.31 Å². The molecule has 1 heterocycles. The summed E-state index contributed by atoms with van der Waals surface area (Å²) in [5.74, 6) is -0.884. The van der Waals surface area contributed by atoms with Crippen molar-refractivity contribution in [1.82, 2.24) is 4.90 Å². The lowest BCUT2D eigenvalue weighted by atomic mass is 9.78. The summed E-state index contributed by atoms with van der Waals surface area (Å²) in [4.78, 5) is 24.9. The first-order valence-electron chi connectivity index (χ1n) is 5.49. The molecule has 0 spiro atoms. The Hall–Kier alpha value is -0.855. The lowest BCUT2D eigenvalue weighted by Crippen LogP contribution is -2.48. The van der Waals surface area contributed by atoms with Crippen molar-refractivity contribution in [2.45, 2.75) is 0 Å². The van der Waals surface area contributed by atoms with Crippen LogP contribution in [0, 0.1) is 0 Å². The molecule has 0 aromatic heterocycles. The zero-order valence-corrected chi connectivity index (χ0v) is 13.2. The molecule has 1 aliphatic heterocycles. The van der Waals surface area contributed by atoms with Crippen molar-refractivity contribution in [3.05, 3.63) is 27.1 Å². The van der Waals surface area contributed by atoms with Crippen LogP contribution in [0.5, 0.6) is 0 Å². The van der Waals surface area contributed by atoms with Gasteiger partial charge in [0.1, 0.15) is 0 Å². The topological polar surface area (TPSA) is 55.8 Å². The highest BCUT2D eigenvalue weighted by Gasteiger charge is 2.36. The Kier molecular flexibility index (Phi) is 4.65. The van der Waals surface area contributed by atoms with Crippen LogP contribution in [-0.4, -0.2) is 44.1 Å². The Morgan fingerprint density at radius 3 is 2.05 bits per heavy atom. The number of hydrogen-bond donors (Lipinski definition) is 0. The normalized spacial score (nSPS) is 17.5. The summed E-state index contributed by atoms with van der Waals surface area (Å²) >= 11 is 6.71. The molecule has 5 nitrogen and oxygen atoms in total. The quantitative estimate of drug-likeness (QED) is 0.668. The summed E-state index contributed by atoms with van der Waals surface area (Å²) in [5.41, 5.74) is 0.578. The molecule has 1 aromatic carbocycles. The molecule has 0 N–H and O–H groups in total. The van der Waals surface area contributed by atoms with Crippen LogP contribution in [0.4, 0.5) is 0 Å². The Bertz CT molecular complexity index is 485. The second-order valence-electron chi connectivity index (χ2n) is 4.12. The maximum Gasteiger partial charge on any atom is 0.638 e. The number of nitrogens with zero attached hydrogens (tertiary/aromatic N) is 1. The smallest absolute Gasteiger partial charge is 0.494 e. The van der Waals surface area contributed by atoms with E-state index >= 15 is 0 Å². The van der Waals surface area contributed by atoms with Gasteiger partial charge in [-0.1, -0.05) is 37.9 Å². The molecule has 0 saturated carbocycles. The van der Waals surface area contributed by atoms with E-state index in [-0.39, 0.29) is 13.1 Å². The summed E-state index contributed by atoms with van der Waals surface area (Å²) in [6.45, 7) is 0.0986. The molecular weight excluding hydrogens is 381 g/mol. The fourth-order valence-electron chi connectivity index (χ4n) is 1.69. The molecule has 0 radical (unpaired) electrons. The molecular formula is C11H10BBr2NO4. The molecule has 1 fully saturated rings. The Balaban J connectivity index is 2.32. The van der Waals surface area contributed by atoms with Crippen molar-refractivity contribution in [2.24, 2.45) is 0 Å². The third-order valence-corrected chi connectivity index (χ3v) is 3.89. The summed E-state index contributed by atoms with van der Waals surface area (Å²) in [5, 5.41) is 0. The maximum absolute atomic E-state index is 11.7. The van der Waals surface area contributed by atoms with Gasteiger partial charge in [0.25, 0.3) is 0 Å². The first kappa shape index (κ1) is 14.6. The van der Waals surface area contributed by atoms with Gasteiger partial charge in [-0.2, -0.15) is 0 Å². The molecule has 1 aliphatic rings. The molecule has 19 heavy (non-hydrogen) atoms. The Morgan fingerprint density at radius 1 is 1.11 bits per heavy atom. The minimum atomic E-state index is -1.04. The third kappa shape index (κ3) is 3.58. The van der Waals surface area contributed by atoms with Gasteiger partial charge >= 0.3 is 19.1 Å². The van der Waals surface area contributed by atoms with Gasteiger partial charge in [-0.25, -0.2) is 0 Å². The molecule has 0 aliphatic carbocycles. The fourth-order valence-corrected chi connectivity index (χ4v) is 3.06. The largest absolute Gasteiger partial charge is 0.638 e. The first-order chi connectivity index (χ1) is 8.97. The van der Waals surface area contributed by atoms with E-state index in [0.29, 0.717) is 14.4 Å². The second kappa shape index (κ2) is 6.07. The van der Waals surface area contributed by atoms with Crippen molar-refractivity contribution >= 4 is 56.4 Å². The number of benzene rings is 1. The van der Waals surface area contributed by atoms with Crippen LogP contribution in [0.2, 0.25) is 0 Å². The van der Waals surface area contributed by atoms with E-state index in [1.54, 1.807) is 19.2 Å². The van der Waals surface area contributed by atoms with Crippen molar-refractivity contribution in [3.63, 3.8) is 0 Å². The molecule has 1 saturated heterocycles. The second-order valence-corrected chi connectivity index (χ2v) is 5.83. The zero-order valence-electron chi connectivity index (χ0n) is 10.1. The summed E-state index contributed by atoms with van der Waals surface area (Å²) in [6.07, 6.45) is 0. The van der Waals surface area contributed by atoms with Crippen molar-refractivity contribution < 1.29 is 18.9 Å². The Labute approximate surface area is 127 Å². The number of hydrogen-bond acceptors (Lipinski definition) is 5. The van der Waals surface area contributed by atoms with Gasteiger partial charge in [0.15, 0.2) is 0 Å². The van der Waals surface area contributed by atoms with Crippen LogP contribution in [-0.2, 0) is 18.9 Å². The highest BCUT2D eigenvalue weighted by molar-refractivity contribution is 9.11. The molecule has 0 atom stereocenters. The van der Waals surface area contributed by atoms with E-state index in [9.17, 15) is 9.59 Å². The average Bonchev–Trinajstić information content (AvgIpc) is 2.25. The number of carbonyl (C=O) groups excluding carboxylic acids is 2. The van der Waals surface area contributed by atoms with E-state index in [1.807, 2.05) is 6.07 Å². The summed E-state index contributed by atoms with van der Waals surface area (Å²) < 4.78 is 11.8. The lowest BCUT2D eigenvalue weighted by Gasteiger charge is -2.23. The fraction of sp³-hybridized carbons (Fsp3) is 0.273. The van der Waals surface area contributed by atoms with Gasteiger partial charge in [-0.3, -0.25) is 14.5 Å². The van der Waals surface area contributed by atoms with Gasteiger partial charge in [-0.05, 0) is 19.2 Å². The van der Waals surface area contributed by atoms with Crippen LogP contribution in [0.3, 0.4) is 0 Å². The van der Waals surface area contributed by atoms with E-state index < -0.39 is 19.1 Å². The lowest BCUT2D eigenvalue weighted by molar-refractivity contribution is -0.145. The number of halogens is 2. The number of carbonyl (C=O) groups is 2. The standard InChI is InChI=1S/C11H10BBr2NO4/c1-15-5-9(16)18-12(19-10(17)6-15)11-7(13)3-2-4-8(11)14/h2-4H,5-6H2,1H3. The van der Waals surface area contributed by atoms with Crippen molar-refractivity contribution in [1.29, 1.82) is 0 Å². The van der Waals surface area contributed by atoms with Crippen LogP contribution in [0.1, 0.15) is 0 Å². The van der Waals surface area contributed by atoms with E-state index in [1.165, 1.54) is 4.90 Å². The van der Waals surface area contributed by atoms with Gasteiger partial charge in [0, 0.05) is 14.4 Å². The van der Waals surface area contributed by atoms with Crippen LogP contribution in [0.15, 0.2) is 27.1 Å². The first-order valence-corrected chi connectivity index (χ1v) is 7.07. The predicted octanol–water partition coefficient (Wildman–Crippen LogP) is 0.939. The van der Waals surface area contributed by atoms with Crippen LogP contribution in [0.25, 0.3) is 0 Å². The minimum absolute atomic E-state index is 0.0493. The highest BCUT2D eigenvalue weighted by Crippen LogP contribution is 2.17. The summed E-state index contributed by atoms with van der Waals surface area (Å²) in [7, 11) is 0.607. The number of rotatable bonds is 1. The zero-order chi connectivity index (χ0) is 14.0. The van der Waals surface area contributed by atoms with E-state index in [2.05, 4.69) is 31.9 Å². The minimum Gasteiger partial charge on any atom is -0.494 e. The van der Waals surface area contributed by atoms with Crippen LogP contribution < -0.4 is 5.46 Å². The molecule has 0 bridgehead atoms. The maximum atomic E-state index is 11.7. The van der Waals surface area contributed by atoms with Gasteiger partial charge in [0.05, 0.1) is 13.1 Å². The average molecular weight is 391 g/mol. The molecule has 0 amide bonds. The molecule has 0 unspecified atom stereocenters. The molecule has 8 heteroatoms. The predicted molar refractivity (Wildman–Crippen MR) is 76.9 cm³/mol. The third-order valence-electron chi connectivity index (χ3n) is 2.51. The molecule has 1 aromatic rings. The van der Waals surface area contributed by atoms with Gasteiger partial charge < -0.3 is 9.31 Å². The monoisotopic (exact) mass is 389 g/mol. The molecule has 100 valence electrons. The van der Waals surface area contributed by atoms with Crippen molar-refractivity contribution in [2.75, 3.05) is 20.1 Å². The van der Waals surface area contributed by atoms with E-state index in [0.717, 1.165) is 0 Å². The van der Waals surface area contributed by atoms with Gasteiger partial charge in [0.2, 0.25) is 0 Å². The Morgan fingerprint density at radius 2 is 1.58 bits per heavy atom. The molecule has 2 rings (SSSR count).